The molecule has 0 aliphatic heterocycles. The van der Waals surface area contributed by atoms with Gasteiger partial charge in [0.15, 0.2) is 0 Å². The fourth-order valence-corrected chi connectivity index (χ4v) is 1.55. The molecule has 0 aromatic carbocycles. The molecule has 4 nitrogen and oxygen atoms in total. The second-order valence-corrected chi connectivity index (χ2v) is 6.15. The van der Waals surface area contributed by atoms with Crippen molar-refractivity contribution in [2.75, 3.05) is 18.5 Å². The van der Waals surface area contributed by atoms with Crippen LogP contribution < -0.4 is 11.1 Å². The number of thioether (sulfide) groups is 1. The molecule has 0 unspecified atom stereocenters. The summed E-state index contributed by atoms with van der Waals surface area (Å²) in [6.07, 6.45) is 2.01. The molecule has 0 aliphatic carbocycles. The zero-order valence-corrected chi connectivity index (χ0v) is 11.7. The van der Waals surface area contributed by atoms with Gasteiger partial charge >= 0.3 is 0 Å². The fourth-order valence-electron chi connectivity index (χ4n) is 1.12. The monoisotopic (exact) mass is 273 g/mol. The second kappa shape index (κ2) is 5.60. The third-order valence-corrected chi connectivity index (χ3v) is 3.75. The minimum atomic E-state index is -0.192. The first kappa shape index (κ1) is 14.1. The van der Waals surface area contributed by atoms with Crippen LogP contribution in [0.3, 0.4) is 0 Å². The van der Waals surface area contributed by atoms with Crippen molar-refractivity contribution in [3.63, 3.8) is 0 Å². The molecule has 0 radical (unpaired) electrons. The van der Waals surface area contributed by atoms with Gasteiger partial charge in [0.05, 0.1) is 0 Å². The SMILES string of the molecule is CSC(C)(C)CNC(=O)c1cc(N)nc(Cl)c1. The Morgan fingerprint density at radius 1 is 1.59 bits per heavy atom. The standard InChI is InChI=1S/C11H16ClN3OS/c1-11(2,17-3)6-14-10(16)7-4-8(12)15-9(13)5-7/h4-5H,6H2,1-3H3,(H2,13,15)(H,14,16). The van der Waals surface area contributed by atoms with Crippen molar-refractivity contribution in [1.82, 2.24) is 10.3 Å². The molecule has 1 amide bonds. The first-order chi connectivity index (χ1) is 7.84. The highest BCUT2D eigenvalue weighted by Gasteiger charge is 2.17. The number of amides is 1. The Morgan fingerprint density at radius 3 is 2.76 bits per heavy atom. The van der Waals surface area contributed by atoms with Crippen molar-refractivity contribution in [3.05, 3.63) is 22.8 Å². The number of carbonyl (C=O) groups excluding carboxylic acids is 1. The summed E-state index contributed by atoms with van der Waals surface area (Å²) in [5.74, 6) is 0.0508. The van der Waals surface area contributed by atoms with Crippen molar-refractivity contribution in [3.8, 4) is 0 Å². The van der Waals surface area contributed by atoms with Gasteiger partial charge in [-0.25, -0.2) is 4.98 Å². The smallest absolute Gasteiger partial charge is 0.251 e. The van der Waals surface area contributed by atoms with E-state index < -0.39 is 0 Å². The Kier molecular flexibility index (Phi) is 4.65. The fraction of sp³-hybridized carbons (Fsp3) is 0.455. The Bertz CT molecular complexity index is 403. The summed E-state index contributed by atoms with van der Waals surface area (Å²) >= 11 is 7.43. The molecule has 0 bridgehead atoms. The first-order valence-electron chi connectivity index (χ1n) is 5.10. The number of anilines is 1. The predicted molar refractivity (Wildman–Crippen MR) is 73.6 cm³/mol. The Hall–Kier alpha value is -0.940. The lowest BCUT2D eigenvalue weighted by Gasteiger charge is -2.22. The lowest BCUT2D eigenvalue weighted by Crippen LogP contribution is -2.36. The highest BCUT2D eigenvalue weighted by atomic mass is 35.5. The maximum absolute atomic E-state index is 11.8. The van der Waals surface area contributed by atoms with Crippen LogP contribution in [-0.2, 0) is 0 Å². The normalized spacial score (nSPS) is 11.3. The molecule has 0 fully saturated rings. The van der Waals surface area contributed by atoms with Crippen LogP contribution in [0.5, 0.6) is 0 Å². The summed E-state index contributed by atoms with van der Waals surface area (Å²) in [6.45, 7) is 4.70. The number of rotatable bonds is 4. The van der Waals surface area contributed by atoms with E-state index in [-0.39, 0.29) is 21.6 Å². The highest BCUT2D eigenvalue weighted by molar-refractivity contribution is 7.99. The molecule has 0 atom stereocenters. The topological polar surface area (TPSA) is 68.0 Å². The van der Waals surface area contributed by atoms with Gasteiger partial charge in [0.25, 0.3) is 5.91 Å². The molecule has 0 saturated heterocycles. The molecule has 1 aromatic rings. The number of hydrogen-bond acceptors (Lipinski definition) is 4. The number of nitrogens with two attached hydrogens (primary N) is 1. The molecule has 6 heteroatoms. The lowest BCUT2D eigenvalue weighted by molar-refractivity contribution is 0.0950. The van der Waals surface area contributed by atoms with E-state index >= 15 is 0 Å². The van der Waals surface area contributed by atoms with Crippen LogP contribution in [0.4, 0.5) is 5.82 Å². The maximum atomic E-state index is 11.8. The summed E-state index contributed by atoms with van der Waals surface area (Å²) in [6, 6.07) is 3.01. The molecule has 94 valence electrons. The molecule has 1 rings (SSSR count). The summed E-state index contributed by atoms with van der Waals surface area (Å²) in [5.41, 5.74) is 5.96. The van der Waals surface area contributed by atoms with Crippen LogP contribution in [0.25, 0.3) is 0 Å². The number of halogens is 1. The van der Waals surface area contributed by atoms with Crippen molar-refractivity contribution in [1.29, 1.82) is 0 Å². The predicted octanol–water partition coefficient (Wildman–Crippen LogP) is 2.19. The van der Waals surface area contributed by atoms with E-state index in [1.54, 1.807) is 11.8 Å². The minimum absolute atomic E-state index is 0.00195. The number of hydrogen-bond donors (Lipinski definition) is 2. The third-order valence-electron chi connectivity index (χ3n) is 2.30. The summed E-state index contributed by atoms with van der Waals surface area (Å²) in [4.78, 5) is 15.7. The van der Waals surface area contributed by atoms with Gasteiger partial charge in [-0.2, -0.15) is 11.8 Å². The molecule has 0 spiro atoms. The lowest BCUT2D eigenvalue weighted by atomic mass is 10.2. The van der Waals surface area contributed by atoms with Crippen molar-refractivity contribution in [2.45, 2.75) is 18.6 Å². The second-order valence-electron chi connectivity index (χ2n) is 4.25. The van der Waals surface area contributed by atoms with Crippen molar-refractivity contribution < 1.29 is 4.79 Å². The summed E-state index contributed by atoms with van der Waals surface area (Å²) < 4.78 is -0.00195. The quantitative estimate of drug-likeness (QED) is 0.825. The molecular weight excluding hydrogens is 258 g/mol. The third kappa shape index (κ3) is 4.44. The van der Waals surface area contributed by atoms with Gasteiger partial charge in [-0.1, -0.05) is 11.6 Å². The summed E-state index contributed by atoms with van der Waals surface area (Å²) in [5, 5.41) is 3.06. The van der Waals surface area contributed by atoms with E-state index in [9.17, 15) is 4.79 Å². The van der Waals surface area contributed by atoms with Gasteiger partial charge in [0.2, 0.25) is 0 Å². The van der Waals surface area contributed by atoms with Crippen LogP contribution in [-0.4, -0.2) is 28.4 Å². The average molecular weight is 274 g/mol. The molecule has 3 N–H and O–H groups in total. The zero-order chi connectivity index (χ0) is 13.1. The molecule has 1 aromatic heterocycles. The number of aromatic nitrogens is 1. The van der Waals surface area contributed by atoms with Crippen LogP contribution in [0.15, 0.2) is 12.1 Å². The van der Waals surface area contributed by atoms with Gasteiger partial charge in [-0.15, -0.1) is 0 Å². The number of nitrogen functional groups attached to an aromatic ring is 1. The average Bonchev–Trinajstić information content (AvgIpc) is 2.24. The van der Waals surface area contributed by atoms with Crippen LogP contribution in [0, 0.1) is 0 Å². The van der Waals surface area contributed by atoms with E-state index in [0.29, 0.717) is 12.1 Å². The molecule has 0 aliphatic rings. The van der Waals surface area contributed by atoms with E-state index in [0.717, 1.165) is 0 Å². The largest absolute Gasteiger partial charge is 0.384 e. The van der Waals surface area contributed by atoms with Crippen LogP contribution >= 0.6 is 23.4 Å². The minimum Gasteiger partial charge on any atom is -0.384 e. The molecule has 17 heavy (non-hydrogen) atoms. The van der Waals surface area contributed by atoms with E-state index in [1.165, 1.54) is 12.1 Å². The Morgan fingerprint density at radius 2 is 2.24 bits per heavy atom. The molecule has 0 saturated carbocycles. The van der Waals surface area contributed by atoms with Crippen molar-refractivity contribution in [2.24, 2.45) is 0 Å². The summed E-state index contributed by atoms with van der Waals surface area (Å²) in [7, 11) is 0. The van der Waals surface area contributed by atoms with Crippen LogP contribution in [0.1, 0.15) is 24.2 Å². The Balaban J connectivity index is 2.70. The Labute approximate surface area is 110 Å². The van der Waals surface area contributed by atoms with Crippen LogP contribution in [0.2, 0.25) is 5.15 Å². The number of nitrogens with zero attached hydrogens (tertiary/aromatic N) is 1. The van der Waals surface area contributed by atoms with Gasteiger partial charge in [0, 0.05) is 16.9 Å². The molecular formula is C11H16ClN3OS. The van der Waals surface area contributed by atoms with Crippen molar-refractivity contribution >= 4 is 35.1 Å². The van der Waals surface area contributed by atoms with Gasteiger partial charge < -0.3 is 11.1 Å². The number of carbonyl (C=O) groups is 1. The first-order valence-corrected chi connectivity index (χ1v) is 6.71. The van der Waals surface area contributed by atoms with E-state index in [2.05, 4.69) is 24.1 Å². The van der Waals surface area contributed by atoms with E-state index in [4.69, 9.17) is 17.3 Å². The zero-order valence-electron chi connectivity index (χ0n) is 10.1. The van der Waals surface area contributed by atoms with E-state index in [1.807, 2.05) is 6.26 Å². The number of nitrogens with one attached hydrogen (secondary N) is 1. The van der Waals surface area contributed by atoms with Gasteiger partial charge in [-0.3, -0.25) is 4.79 Å². The maximum Gasteiger partial charge on any atom is 0.251 e. The highest BCUT2D eigenvalue weighted by Crippen LogP contribution is 2.20. The van der Waals surface area contributed by atoms with Gasteiger partial charge in [0.1, 0.15) is 11.0 Å². The number of pyridine rings is 1. The molecule has 1 heterocycles. The van der Waals surface area contributed by atoms with Gasteiger partial charge in [-0.05, 0) is 32.2 Å².